The van der Waals surface area contributed by atoms with E-state index in [1.54, 1.807) is 23.1 Å². The van der Waals surface area contributed by atoms with Gasteiger partial charge < -0.3 is 14.4 Å². The van der Waals surface area contributed by atoms with Crippen LogP contribution in [0.5, 0.6) is 5.75 Å². The fourth-order valence-electron chi connectivity index (χ4n) is 2.41. The van der Waals surface area contributed by atoms with E-state index in [9.17, 15) is 14.9 Å². The zero-order chi connectivity index (χ0) is 17.0. The van der Waals surface area contributed by atoms with Crippen molar-refractivity contribution in [2.24, 2.45) is 0 Å². The number of carbonyl (C=O) groups excluding carboxylic acids is 1. The van der Waals surface area contributed by atoms with Gasteiger partial charge in [0.15, 0.2) is 5.75 Å². The van der Waals surface area contributed by atoms with Gasteiger partial charge in [-0.1, -0.05) is 12.1 Å². The Labute approximate surface area is 135 Å². The lowest BCUT2D eigenvalue weighted by molar-refractivity contribution is -0.386. The number of benzene rings is 1. The fraction of sp³-hybridized carbons (Fsp3) is 0.562. The van der Waals surface area contributed by atoms with Crippen LogP contribution in [0.2, 0.25) is 0 Å². The third-order valence-corrected chi connectivity index (χ3v) is 3.39. The monoisotopic (exact) mass is 322 g/mol. The molecule has 0 aromatic heterocycles. The Kier molecular flexibility index (Phi) is 5.08. The molecule has 1 heterocycles. The number of nitro groups is 1. The highest BCUT2D eigenvalue weighted by molar-refractivity contribution is 5.68. The predicted molar refractivity (Wildman–Crippen MR) is 84.6 cm³/mol. The summed E-state index contributed by atoms with van der Waals surface area (Å²) in [7, 11) is 0. The fourth-order valence-corrected chi connectivity index (χ4v) is 2.41. The van der Waals surface area contributed by atoms with E-state index in [1.807, 2.05) is 20.8 Å². The van der Waals surface area contributed by atoms with Gasteiger partial charge in [0, 0.05) is 12.6 Å². The summed E-state index contributed by atoms with van der Waals surface area (Å²) in [6.07, 6.45) is 0.848. The number of rotatable bonds is 3. The summed E-state index contributed by atoms with van der Waals surface area (Å²) in [6.45, 7) is 6.41. The van der Waals surface area contributed by atoms with Gasteiger partial charge in [-0.15, -0.1) is 0 Å². The summed E-state index contributed by atoms with van der Waals surface area (Å²) in [5.74, 6) is 0.230. The van der Waals surface area contributed by atoms with E-state index in [0.717, 1.165) is 12.8 Å². The second-order valence-corrected chi connectivity index (χ2v) is 6.53. The van der Waals surface area contributed by atoms with E-state index in [4.69, 9.17) is 9.47 Å². The zero-order valence-electron chi connectivity index (χ0n) is 13.7. The molecule has 1 aromatic carbocycles. The van der Waals surface area contributed by atoms with Crippen LogP contribution in [-0.4, -0.2) is 40.7 Å². The van der Waals surface area contributed by atoms with Crippen LogP contribution in [0, 0.1) is 10.1 Å². The number of nitrogens with zero attached hydrogens (tertiary/aromatic N) is 2. The summed E-state index contributed by atoms with van der Waals surface area (Å²) < 4.78 is 11.1. The molecule has 1 aliphatic rings. The molecule has 2 rings (SSSR count). The van der Waals surface area contributed by atoms with Crippen LogP contribution in [-0.2, 0) is 4.74 Å². The molecule has 1 atom stereocenters. The van der Waals surface area contributed by atoms with Crippen LogP contribution in [0.1, 0.15) is 33.6 Å². The lowest BCUT2D eigenvalue weighted by Crippen LogP contribution is -2.46. The average Bonchev–Trinajstić information content (AvgIpc) is 2.46. The van der Waals surface area contributed by atoms with Crippen molar-refractivity contribution < 1.29 is 19.2 Å². The van der Waals surface area contributed by atoms with Gasteiger partial charge >= 0.3 is 11.8 Å². The first-order valence-electron chi connectivity index (χ1n) is 7.64. The quantitative estimate of drug-likeness (QED) is 0.629. The Morgan fingerprint density at radius 1 is 1.35 bits per heavy atom. The van der Waals surface area contributed by atoms with Gasteiger partial charge in [-0.05, 0) is 39.7 Å². The second kappa shape index (κ2) is 6.85. The Morgan fingerprint density at radius 2 is 2.04 bits per heavy atom. The van der Waals surface area contributed by atoms with E-state index in [2.05, 4.69) is 0 Å². The smallest absolute Gasteiger partial charge is 0.410 e. The number of carbonyl (C=O) groups is 1. The van der Waals surface area contributed by atoms with E-state index >= 15 is 0 Å². The first kappa shape index (κ1) is 17.1. The van der Waals surface area contributed by atoms with Crippen molar-refractivity contribution in [2.75, 3.05) is 13.1 Å². The third kappa shape index (κ3) is 4.84. The second-order valence-electron chi connectivity index (χ2n) is 6.53. The summed E-state index contributed by atoms with van der Waals surface area (Å²) in [5, 5.41) is 11.0. The van der Waals surface area contributed by atoms with Crippen molar-refractivity contribution in [1.29, 1.82) is 0 Å². The third-order valence-electron chi connectivity index (χ3n) is 3.39. The van der Waals surface area contributed by atoms with E-state index in [0.29, 0.717) is 13.1 Å². The van der Waals surface area contributed by atoms with Gasteiger partial charge in [0.1, 0.15) is 11.7 Å². The molecule has 7 heteroatoms. The topological polar surface area (TPSA) is 81.9 Å². The Hall–Kier alpha value is -2.31. The summed E-state index contributed by atoms with van der Waals surface area (Å²) in [5.41, 5.74) is -0.620. The lowest BCUT2D eigenvalue weighted by atomic mass is 10.1. The van der Waals surface area contributed by atoms with Gasteiger partial charge in [0.25, 0.3) is 0 Å². The molecule has 23 heavy (non-hydrogen) atoms. The molecule has 1 aliphatic heterocycles. The number of para-hydroxylation sites is 2. The van der Waals surface area contributed by atoms with Gasteiger partial charge in [-0.2, -0.15) is 0 Å². The number of hydrogen-bond donors (Lipinski definition) is 0. The SMILES string of the molecule is CC(C)(C)OC(=O)N1CCC[C@@H](Oc2ccccc2[N+](=O)[O-])C1. The van der Waals surface area contributed by atoms with E-state index in [1.165, 1.54) is 6.07 Å². The van der Waals surface area contributed by atoms with Crippen molar-refractivity contribution in [3.05, 3.63) is 34.4 Å². The largest absolute Gasteiger partial charge is 0.482 e. The standard InChI is InChI=1S/C16H22N2O5/c1-16(2,3)23-15(19)17-10-6-7-12(11-17)22-14-9-5-4-8-13(14)18(20)21/h4-5,8-9,12H,6-7,10-11H2,1-3H3/t12-/m1/s1. The number of hydrogen-bond acceptors (Lipinski definition) is 5. The van der Waals surface area contributed by atoms with Crippen molar-refractivity contribution in [3.63, 3.8) is 0 Å². The molecule has 0 N–H and O–H groups in total. The highest BCUT2D eigenvalue weighted by atomic mass is 16.6. The molecule has 1 fully saturated rings. The van der Waals surface area contributed by atoms with Gasteiger partial charge in [-0.3, -0.25) is 10.1 Å². The minimum absolute atomic E-state index is 0.0677. The maximum Gasteiger partial charge on any atom is 0.410 e. The van der Waals surface area contributed by atoms with Crippen LogP contribution in [0.25, 0.3) is 0 Å². The number of amides is 1. The summed E-state index contributed by atoms with van der Waals surface area (Å²) in [4.78, 5) is 24.3. The van der Waals surface area contributed by atoms with Crippen molar-refractivity contribution in [2.45, 2.75) is 45.3 Å². The molecule has 1 amide bonds. The molecule has 0 radical (unpaired) electrons. The first-order chi connectivity index (χ1) is 10.8. The number of piperidine rings is 1. The number of ether oxygens (including phenoxy) is 2. The average molecular weight is 322 g/mol. The molecule has 0 spiro atoms. The van der Waals surface area contributed by atoms with E-state index < -0.39 is 10.5 Å². The number of nitro benzene ring substituents is 1. The molecule has 1 aromatic rings. The van der Waals surface area contributed by atoms with Gasteiger partial charge in [0.05, 0.1) is 11.5 Å². The van der Waals surface area contributed by atoms with Crippen molar-refractivity contribution in [3.8, 4) is 5.75 Å². The molecule has 1 saturated heterocycles. The van der Waals surface area contributed by atoms with Crippen LogP contribution in [0.15, 0.2) is 24.3 Å². The van der Waals surface area contributed by atoms with Crippen LogP contribution < -0.4 is 4.74 Å². The van der Waals surface area contributed by atoms with Gasteiger partial charge in [-0.25, -0.2) is 4.79 Å². The van der Waals surface area contributed by atoms with Gasteiger partial charge in [0.2, 0.25) is 0 Å². The normalized spacial score (nSPS) is 18.4. The number of likely N-dealkylation sites (tertiary alicyclic amines) is 1. The minimum Gasteiger partial charge on any atom is -0.482 e. The molecular formula is C16H22N2O5. The maximum atomic E-state index is 12.1. The molecule has 0 unspecified atom stereocenters. The highest BCUT2D eigenvalue weighted by Gasteiger charge is 2.29. The Bertz CT molecular complexity index is 582. The Morgan fingerprint density at radius 3 is 2.70 bits per heavy atom. The molecule has 7 nitrogen and oxygen atoms in total. The molecule has 126 valence electrons. The van der Waals surface area contributed by atoms with E-state index in [-0.39, 0.29) is 23.6 Å². The zero-order valence-corrected chi connectivity index (χ0v) is 13.7. The lowest BCUT2D eigenvalue weighted by Gasteiger charge is -2.34. The minimum atomic E-state index is -0.552. The van der Waals surface area contributed by atoms with Crippen molar-refractivity contribution >= 4 is 11.8 Å². The molecule has 0 saturated carbocycles. The molecule has 0 aliphatic carbocycles. The Balaban J connectivity index is 2.02. The summed E-state index contributed by atoms with van der Waals surface area (Å²) >= 11 is 0. The molecule has 0 bridgehead atoms. The van der Waals surface area contributed by atoms with Crippen LogP contribution in [0.4, 0.5) is 10.5 Å². The first-order valence-corrected chi connectivity index (χ1v) is 7.64. The maximum absolute atomic E-state index is 12.1. The molecular weight excluding hydrogens is 300 g/mol. The predicted octanol–water partition coefficient (Wildman–Crippen LogP) is 3.37. The summed E-state index contributed by atoms with van der Waals surface area (Å²) in [6, 6.07) is 6.27. The van der Waals surface area contributed by atoms with Crippen molar-refractivity contribution in [1.82, 2.24) is 4.90 Å². The highest BCUT2D eigenvalue weighted by Crippen LogP contribution is 2.28. The van der Waals surface area contributed by atoms with Crippen LogP contribution in [0.3, 0.4) is 0 Å². The van der Waals surface area contributed by atoms with Crippen LogP contribution >= 0.6 is 0 Å².